The third-order valence-electron chi connectivity index (χ3n) is 5.46. The summed E-state index contributed by atoms with van der Waals surface area (Å²) >= 11 is 6.04. The zero-order valence-electron chi connectivity index (χ0n) is 16.1. The summed E-state index contributed by atoms with van der Waals surface area (Å²) in [5.41, 5.74) is 1.68. The van der Waals surface area contributed by atoms with Crippen molar-refractivity contribution in [2.24, 2.45) is 0 Å². The summed E-state index contributed by atoms with van der Waals surface area (Å²) in [4.78, 5) is 29.6. The molecular formula is C24H17ClN2O3. The van der Waals surface area contributed by atoms with E-state index < -0.39 is 11.7 Å². The van der Waals surface area contributed by atoms with Gasteiger partial charge in [0.1, 0.15) is 0 Å². The smallest absolute Gasteiger partial charge is 0.420 e. The average Bonchev–Trinajstić information content (AvgIpc) is 3.17. The van der Waals surface area contributed by atoms with Gasteiger partial charge in [-0.25, -0.2) is 9.69 Å². The van der Waals surface area contributed by atoms with Crippen LogP contribution in [0.5, 0.6) is 0 Å². The molecule has 0 aromatic heterocycles. The number of anilines is 2. The topological polar surface area (TPSA) is 49.9 Å². The van der Waals surface area contributed by atoms with Crippen molar-refractivity contribution in [3.63, 3.8) is 0 Å². The highest BCUT2D eigenvalue weighted by Crippen LogP contribution is 2.52. The number of carbonyl (C=O) groups is 2. The van der Waals surface area contributed by atoms with Crippen molar-refractivity contribution in [2.75, 3.05) is 16.8 Å². The highest BCUT2D eigenvalue weighted by atomic mass is 35.5. The number of rotatable bonds is 2. The molecule has 2 aliphatic rings. The fraction of sp³-hybridized carbons (Fsp3) is 0.0833. The Kier molecular flexibility index (Phi) is 4.15. The van der Waals surface area contributed by atoms with Crippen LogP contribution >= 0.6 is 11.6 Å². The average molecular weight is 417 g/mol. The molecule has 0 saturated carbocycles. The first-order chi connectivity index (χ1) is 14.5. The molecule has 0 radical (unpaired) electrons. The van der Waals surface area contributed by atoms with Crippen LogP contribution in [0.4, 0.5) is 16.2 Å². The molecule has 1 saturated heterocycles. The van der Waals surface area contributed by atoms with E-state index in [4.69, 9.17) is 16.3 Å². The molecule has 5 rings (SSSR count). The Labute approximate surface area is 178 Å². The number of nitrogens with zero attached hydrogens (tertiary/aromatic N) is 2. The van der Waals surface area contributed by atoms with E-state index in [1.54, 1.807) is 31.3 Å². The lowest BCUT2D eigenvalue weighted by Gasteiger charge is -2.24. The molecule has 0 aliphatic carbocycles. The molecule has 2 heterocycles. The minimum Gasteiger partial charge on any atom is -0.420 e. The Bertz CT molecular complexity index is 1190. The van der Waals surface area contributed by atoms with Crippen LogP contribution < -0.4 is 9.80 Å². The largest absolute Gasteiger partial charge is 0.420 e. The van der Waals surface area contributed by atoms with Gasteiger partial charge in [0.15, 0.2) is 0 Å². The molecule has 30 heavy (non-hydrogen) atoms. The van der Waals surface area contributed by atoms with E-state index in [0.717, 1.165) is 5.56 Å². The van der Waals surface area contributed by atoms with Crippen LogP contribution in [0, 0.1) is 0 Å². The number of fused-ring (bicyclic) bond motifs is 2. The molecule has 1 fully saturated rings. The molecule has 0 unspecified atom stereocenters. The first-order valence-corrected chi connectivity index (χ1v) is 9.84. The lowest BCUT2D eigenvalue weighted by molar-refractivity contribution is -0.130. The van der Waals surface area contributed by atoms with Crippen LogP contribution in [0.3, 0.4) is 0 Å². The van der Waals surface area contributed by atoms with E-state index >= 15 is 0 Å². The maximum atomic E-state index is 13.5. The Morgan fingerprint density at radius 3 is 2.30 bits per heavy atom. The van der Waals surface area contributed by atoms with Gasteiger partial charge in [0, 0.05) is 17.6 Å². The molecule has 6 heteroatoms. The van der Waals surface area contributed by atoms with Crippen LogP contribution in [0.2, 0.25) is 5.02 Å². The lowest BCUT2D eigenvalue weighted by atomic mass is 9.90. The normalized spacial score (nSPS) is 21.5. The second-order valence-electron chi connectivity index (χ2n) is 7.18. The zero-order valence-corrected chi connectivity index (χ0v) is 16.8. The van der Waals surface area contributed by atoms with Gasteiger partial charge in [-0.3, -0.25) is 4.79 Å². The van der Waals surface area contributed by atoms with Crippen LogP contribution in [0.25, 0.3) is 6.08 Å². The molecule has 2 aliphatic heterocycles. The van der Waals surface area contributed by atoms with Crippen LogP contribution in [-0.4, -0.2) is 19.0 Å². The highest BCUT2D eigenvalue weighted by molar-refractivity contribution is 6.30. The van der Waals surface area contributed by atoms with Crippen molar-refractivity contribution in [1.29, 1.82) is 0 Å². The molecular weight excluding hydrogens is 400 g/mol. The van der Waals surface area contributed by atoms with Crippen LogP contribution in [0.15, 0.2) is 84.6 Å². The van der Waals surface area contributed by atoms with E-state index in [9.17, 15) is 9.59 Å². The summed E-state index contributed by atoms with van der Waals surface area (Å²) in [6.07, 6.45) is 1.21. The maximum absolute atomic E-state index is 13.5. The first-order valence-electron chi connectivity index (χ1n) is 9.46. The van der Waals surface area contributed by atoms with E-state index in [0.29, 0.717) is 27.7 Å². The molecule has 3 aromatic rings. The molecule has 148 valence electrons. The third kappa shape index (κ3) is 2.56. The van der Waals surface area contributed by atoms with Gasteiger partial charge in [-0.15, -0.1) is 0 Å². The quantitative estimate of drug-likeness (QED) is 0.576. The Hall–Kier alpha value is -3.57. The number of likely N-dealkylation sites (N-methyl/N-ethyl adjacent to an activating group) is 1. The predicted octanol–water partition coefficient (Wildman–Crippen LogP) is 5.21. The predicted molar refractivity (Wildman–Crippen MR) is 116 cm³/mol. The summed E-state index contributed by atoms with van der Waals surface area (Å²) in [6, 6.07) is 23.8. The summed E-state index contributed by atoms with van der Waals surface area (Å²) in [5, 5.41) is 0.552. The van der Waals surface area contributed by atoms with Crippen molar-refractivity contribution < 1.29 is 14.3 Å². The summed E-state index contributed by atoms with van der Waals surface area (Å²) in [5.74, 6) is -0.310. The summed E-state index contributed by atoms with van der Waals surface area (Å²) < 4.78 is 5.90. The SMILES string of the molecule is CN1C(=O)[C@@]2(OC(=O)N(c3ccc(Cl)cc3)/C2=C\c2ccccc2)c2ccccc21. The van der Waals surface area contributed by atoms with Gasteiger partial charge >= 0.3 is 6.09 Å². The minimum atomic E-state index is -1.54. The standard InChI is InChI=1S/C24H17ClN2O3/c1-26-20-10-6-5-9-19(20)24(22(26)28)21(15-16-7-3-2-4-8-16)27(23(29)30-24)18-13-11-17(25)12-14-18/h2-15H,1H3/b21-15-/t24-/m1/s1. The highest BCUT2D eigenvalue weighted by Gasteiger charge is 2.63. The van der Waals surface area contributed by atoms with Gasteiger partial charge in [0.2, 0.25) is 0 Å². The third-order valence-corrected chi connectivity index (χ3v) is 5.71. The summed E-state index contributed by atoms with van der Waals surface area (Å²) in [7, 11) is 1.69. The number of ether oxygens (including phenoxy) is 1. The summed E-state index contributed by atoms with van der Waals surface area (Å²) in [6.45, 7) is 0. The van der Waals surface area contributed by atoms with Gasteiger partial charge in [0.25, 0.3) is 11.5 Å². The van der Waals surface area contributed by atoms with E-state index in [2.05, 4.69) is 0 Å². The molecule has 5 nitrogen and oxygen atoms in total. The first kappa shape index (κ1) is 18.5. The van der Waals surface area contributed by atoms with E-state index in [1.807, 2.05) is 60.7 Å². The van der Waals surface area contributed by atoms with Gasteiger partial charge < -0.3 is 9.64 Å². The van der Waals surface area contributed by atoms with Crippen LogP contribution in [0.1, 0.15) is 11.1 Å². The number of carbonyl (C=O) groups excluding carboxylic acids is 2. The number of hydrogen-bond acceptors (Lipinski definition) is 3. The van der Waals surface area contributed by atoms with Crippen molar-refractivity contribution in [2.45, 2.75) is 5.60 Å². The monoisotopic (exact) mass is 416 g/mol. The Morgan fingerprint density at radius 1 is 0.900 bits per heavy atom. The molecule has 0 N–H and O–H groups in total. The molecule has 3 aromatic carbocycles. The number of benzene rings is 3. The number of para-hydroxylation sites is 1. The molecule has 0 bridgehead atoms. The molecule has 1 atom stereocenters. The van der Waals surface area contributed by atoms with Crippen molar-refractivity contribution in [1.82, 2.24) is 0 Å². The molecule has 2 amide bonds. The van der Waals surface area contributed by atoms with Crippen LogP contribution in [-0.2, 0) is 15.1 Å². The number of halogens is 1. The Morgan fingerprint density at radius 2 is 1.57 bits per heavy atom. The maximum Gasteiger partial charge on any atom is 0.420 e. The Balaban J connectivity index is 1.78. The van der Waals surface area contributed by atoms with E-state index in [-0.39, 0.29) is 5.91 Å². The number of hydrogen-bond donors (Lipinski definition) is 0. The second kappa shape index (κ2) is 6.75. The van der Waals surface area contributed by atoms with Crippen molar-refractivity contribution in [3.8, 4) is 0 Å². The minimum absolute atomic E-state index is 0.310. The fourth-order valence-electron chi connectivity index (χ4n) is 4.06. The van der Waals surface area contributed by atoms with Gasteiger partial charge in [-0.05, 0) is 42.0 Å². The van der Waals surface area contributed by atoms with E-state index in [1.165, 1.54) is 9.80 Å². The van der Waals surface area contributed by atoms with Gasteiger partial charge in [-0.2, -0.15) is 0 Å². The lowest BCUT2D eigenvalue weighted by Crippen LogP contribution is -2.40. The van der Waals surface area contributed by atoms with Gasteiger partial charge in [-0.1, -0.05) is 60.1 Å². The molecule has 1 spiro atoms. The zero-order chi connectivity index (χ0) is 20.9. The fourth-order valence-corrected chi connectivity index (χ4v) is 4.19. The van der Waals surface area contributed by atoms with Crippen molar-refractivity contribution in [3.05, 3.63) is 101 Å². The second-order valence-corrected chi connectivity index (χ2v) is 7.62. The van der Waals surface area contributed by atoms with Crippen molar-refractivity contribution >= 4 is 41.1 Å². The number of amides is 2. The van der Waals surface area contributed by atoms with Gasteiger partial charge in [0.05, 0.1) is 17.1 Å².